The quantitative estimate of drug-likeness (QED) is 0.774. The van der Waals surface area contributed by atoms with Gasteiger partial charge in [0.25, 0.3) is 0 Å². The van der Waals surface area contributed by atoms with Crippen molar-refractivity contribution in [2.75, 3.05) is 17.6 Å². The molecule has 5 nitrogen and oxygen atoms in total. The van der Waals surface area contributed by atoms with Gasteiger partial charge < -0.3 is 11.1 Å². The molecule has 0 spiro atoms. The minimum atomic E-state index is 0.508. The van der Waals surface area contributed by atoms with E-state index in [9.17, 15) is 0 Å². The molecule has 3 aromatic rings. The topological polar surface area (TPSA) is 76.2 Å². The van der Waals surface area contributed by atoms with E-state index >= 15 is 0 Å². The van der Waals surface area contributed by atoms with Crippen molar-refractivity contribution >= 4 is 34.2 Å². The van der Waals surface area contributed by atoms with Gasteiger partial charge in [-0.2, -0.15) is 0 Å². The van der Waals surface area contributed by atoms with Crippen LogP contribution in [0.25, 0.3) is 16.5 Å². The lowest BCUT2D eigenvalue weighted by atomic mass is 10.0. The first-order valence-electron chi connectivity index (χ1n) is 7.82. The summed E-state index contributed by atoms with van der Waals surface area (Å²) in [5.74, 6) is 0.508. The third-order valence-electron chi connectivity index (χ3n) is 4.08. The van der Waals surface area contributed by atoms with Crippen LogP contribution in [0.4, 0.5) is 11.5 Å². The summed E-state index contributed by atoms with van der Waals surface area (Å²) >= 11 is 0. The maximum Gasteiger partial charge on any atom is 0.126 e. The smallest absolute Gasteiger partial charge is 0.126 e. The van der Waals surface area contributed by atoms with Crippen molar-refractivity contribution in [2.45, 2.75) is 6.54 Å². The van der Waals surface area contributed by atoms with Crippen LogP contribution in [0.15, 0.2) is 59.9 Å². The summed E-state index contributed by atoms with van der Waals surface area (Å²) in [7, 11) is 0. The highest BCUT2D eigenvalue weighted by molar-refractivity contribution is 5.96. The first-order valence-corrected chi connectivity index (χ1v) is 7.82. The van der Waals surface area contributed by atoms with Gasteiger partial charge in [-0.3, -0.25) is 9.98 Å². The zero-order valence-electron chi connectivity index (χ0n) is 13.1. The molecule has 0 bridgehead atoms. The Bertz CT molecular complexity index is 945. The second kappa shape index (κ2) is 6.12. The number of nitrogens with zero attached hydrogens (tertiary/aromatic N) is 3. The third-order valence-corrected chi connectivity index (χ3v) is 4.08. The zero-order chi connectivity index (χ0) is 16.4. The van der Waals surface area contributed by atoms with Crippen molar-refractivity contribution in [3.63, 3.8) is 0 Å². The van der Waals surface area contributed by atoms with Gasteiger partial charge in [-0.25, -0.2) is 4.98 Å². The molecule has 0 saturated heterocycles. The van der Waals surface area contributed by atoms with Crippen LogP contribution in [0.5, 0.6) is 0 Å². The molecule has 0 radical (unpaired) electrons. The minimum Gasteiger partial charge on any atom is -0.384 e. The highest BCUT2D eigenvalue weighted by Crippen LogP contribution is 2.28. The van der Waals surface area contributed by atoms with Crippen LogP contribution < -0.4 is 11.1 Å². The average Bonchev–Trinajstić information content (AvgIpc) is 3.14. The first kappa shape index (κ1) is 14.4. The lowest BCUT2D eigenvalue weighted by molar-refractivity contribution is 1.13. The molecule has 0 unspecified atom stereocenters. The first-order chi connectivity index (χ1) is 11.8. The normalized spacial score (nSPS) is 13.2. The number of nitrogen functional groups attached to an aromatic ring is 1. The van der Waals surface area contributed by atoms with E-state index < -0.39 is 0 Å². The molecular weight excluding hydrogens is 298 g/mol. The number of fused-ring (bicyclic) bond motifs is 1. The van der Waals surface area contributed by atoms with Crippen molar-refractivity contribution in [1.29, 1.82) is 0 Å². The number of pyridine rings is 2. The van der Waals surface area contributed by atoms with Crippen molar-refractivity contribution in [3.05, 3.63) is 66.0 Å². The summed E-state index contributed by atoms with van der Waals surface area (Å²) in [5.41, 5.74) is 11.4. The zero-order valence-corrected chi connectivity index (χ0v) is 13.1. The van der Waals surface area contributed by atoms with Gasteiger partial charge in [-0.05, 0) is 41.0 Å². The predicted octanol–water partition coefficient (Wildman–Crippen LogP) is 3.29. The van der Waals surface area contributed by atoms with E-state index in [0.29, 0.717) is 12.4 Å². The van der Waals surface area contributed by atoms with Gasteiger partial charge in [0.1, 0.15) is 5.82 Å². The number of nitrogens with one attached hydrogen (secondary N) is 1. The van der Waals surface area contributed by atoms with E-state index in [2.05, 4.69) is 38.5 Å². The number of aromatic nitrogens is 2. The summed E-state index contributed by atoms with van der Waals surface area (Å²) in [6, 6.07) is 12.1. The average molecular weight is 315 g/mol. The van der Waals surface area contributed by atoms with Crippen LogP contribution in [0, 0.1) is 0 Å². The second-order valence-corrected chi connectivity index (χ2v) is 5.72. The number of rotatable bonds is 4. The van der Waals surface area contributed by atoms with Crippen molar-refractivity contribution in [2.24, 2.45) is 4.99 Å². The SMILES string of the molecule is Nc1cc(NCc2ccncc2)c2ccc(C3=CC=NC3)cc2n1. The Morgan fingerprint density at radius 2 is 1.96 bits per heavy atom. The third kappa shape index (κ3) is 2.84. The Morgan fingerprint density at radius 3 is 2.75 bits per heavy atom. The molecule has 2 aromatic heterocycles. The predicted molar refractivity (Wildman–Crippen MR) is 99.1 cm³/mol. The molecule has 4 rings (SSSR count). The molecule has 118 valence electrons. The molecule has 1 aliphatic rings. The number of anilines is 2. The van der Waals surface area contributed by atoms with Crippen LogP contribution in [0.2, 0.25) is 0 Å². The van der Waals surface area contributed by atoms with Crippen molar-refractivity contribution in [3.8, 4) is 0 Å². The van der Waals surface area contributed by atoms with E-state index in [-0.39, 0.29) is 0 Å². The van der Waals surface area contributed by atoms with Gasteiger partial charge in [0, 0.05) is 42.3 Å². The Hall–Kier alpha value is -3.21. The standard InChI is InChI=1S/C19H17N5/c20-19-10-17(23-11-13-3-6-21-7-4-13)16-2-1-14(9-18(16)24-19)15-5-8-22-12-15/h1-10H,11-12H2,(H3,20,23,24). The molecule has 0 amide bonds. The summed E-state index contributed by atoms with van der Waals surface area (Å²) in [4.78, 5) is 12.8. The van der Waals surface area contributed by atoms with E-state index in [1.54, 1.807) is 12.4 Å². The Labute approximate surface area is 140 Å². The Kier molecular flexibility index (Phi) is 3.67. The molecule has 1 aromatic carbocycles. The Morgan fingerprint density at radius 1 is 1.08 bits per heavy atom. The van der Waals surface area contributed by atoms with E-state index in [1.165, 1.54) is 11.1 Å². The van der Waals surface area contributed by atoms with Gasteiger partial charge >= 0.3 is 0 Å². The second-order valence-electron chi connectivity index (χ2n) is 5.72. The maximum atomic E-state index is 6.00. The van der Waals surface area contributed by atoms with E-state index in [1.807, 2.05) is 30.5 Å². The molecule has 24 heavy (non-hydrogen) atoms. The monoisotopic (exact) mass is 315 g/mol. The molecule has 0 aliphatic carbocycles. The van der Waals surface area contributed by atoms with Gasteiger partial charge in [0.2, 0.25) is 0 Å². The number of allylic oxidation sites excluding steroid dienone is 1. The largest absolute Gasteiger partial charge is 0.384 e. The highest BCUT2D eigenvalue weighted by atomic mass is 14.9. The Balaban J connectivity index is 1.67. The highest BCUT2D eigenvalue weighted by Gasteiger charge is 2.09. The molecule has 0 atom stereocenters. The van der Waals surface area contributed by atoms with E-state index in [4.69, 9.17) is 5.73 Å². The number of aliphatic imine (C=N–C) groups is 1. The fourth-order valence-electron chi connectivity index (χ4n) is 2.83. The van der Waals surface area contributed by atoms with Crippen molar-refractivity contribution in [1.82, 2.24) is 9.97 Å². The fourth-order valence-corrected chi connectivity index (χ4v) is 2.83. The van der Waals surface area contributed by atoms with Crippen LogP contribution >= 0.6 is 0 Å². The van der Waals surface area contributed by atoms with Crippen LogP contribution in [-0.4, -0.2) is 22.7 Å². The number of hydrogen-bond donors (Lipinski definition) is 2. The van der Waals surface area contributed by atoms with Gasteiger partial charge in [0.15, 0.2) is 0 Å². The summed E-state index contributed by atoms with van der Waals surface area (Å²) < 4.78 is 0. The summed E-state index contributed by atoms with van der Waals surface area (Å²) in [6.45, 7) is 1.43. The fraction of sp³-hybridized carbons (Fsp3) is 0.105. The molecule has 5 heteroatoms. The molecule has 0 saturated carbocycles. The lowest BCUT2D eigenvalue weighted by Gasteiger charge is -2.12. The summed E-state index contributed by atoms with van der Waals surface area (Å²) in [5, 5.41) is 4.50. The number of nitrogens with two attached hydrogens (primary N) is 1. The van der Waals surface area contributed by atoms with Crippen LogP contribution in [-0.2, 0) is 6.54 Å². The van der Waals surface area contributed by atoms with Crippen LogP contribution in [0.1, 0.15) is 11.1 Å². The molecular formula is C19H17N5. The minimum absolute atomic E-state index is 0.508. The number of benzene rings is 1. The molecule has 3 N–H and O–H groups in total. The molecule has 1 aliphatic heterocycles. The molecule has 3 heterocycles. The molecule has 0 fully saturated rings. The summed E-state index contributed by atoms with van der Waals surface area (Å²) in [6.07, 6.45) is 7.46. The van der Waals surface area contributed by atoms with Gasteiger partial charge in [-0.1, -0.05) is 12.1 Å². The van der Waals surface area contributed by atoms with Crippen LogP contribution in [0.3, 0.4) is 0 Å². The van der Waals surface area contributed by atoms with Crippen molar-refractivity contribution < 1.29 is 0 Å². The lowest BCUT2D eigenvalue weighted by Crippen LogP contribution is -2.02. The number of hydrogen-bond acceptors (Lipinski definition) is 5. The van der Waals surface area contributed by atoms with Gasteiger partial charge in [-0.15, -0.1) is 0 Å². The van der Waals surface area contributed by atoms with Gasteiger partial charge in [0.05, 0.1) is 12.1 Å². The maximum absolute atomic E-state index is 6.00. The van der Waals surface area contributed by atoms with E-state index in [0.717, 1.165) is 28.7 Å².